The van der Waals surface area contributed by atoms with Crippen molar-refractivity contribution in [3.05, 3.63) is 82.7 Å². The molecule has 0 bridgehead atoms. The van der Waals surface area contributed by atoms with Crippen molar-refractivity contribution in [3.8, 4) is 0 Å². The minimum Gasteiger partial charge on any atom is -0.358 e. The lowest BCUT2D eigenvalue weighted by atomic mass is 9.88. The number of hydrogen-bond donors (Lipinski definition) is 0. The molecule has 4 atom stereocenters. The van der Waals surface area contributed by atoms with Crippen LogP contribution in [0.2, 0.25) is 5.02 Å². The lowest BCUT2D eigenvalue weighted by molar-refractivity contribution is -0.172. The van der Waals surface area contributed by atoms with E-state index in [0.717, 1.165) is 28.9 Å². The number of amides is 1. The van der Waals surface area contributed by atoms with Crippen LogP contribution in [0.25, 0.3) is 0 Å². The summed E-state index contributed by atoms with van der Waals surface area (Å²) < 4.78 is 21.3. The van der Waals surface area contributed by atoms with Crippen molar-refractivity contribution in [3.63, 3.8) is 0 Å². The van der Waals surface area contributed by atoms with E-state index in [0.29, 0.717) is 12.0 Å². The molecule has 0 aliphatic carbocycles. The summed E-state index contributed by atoms with van der Waals surface area (Å²) in [5, 5.41) is 0.0479. The number of ether oxygens (including phenoxy) is 1. The molecule has 1 aliphatic heterocycles. The Hall–Kier alpha value is -1.82. The number of halogens is 2. The molecule has 0 unspecified atom stereocenters. The number of benzene rings is 1. The second-order valence-electron chi connectivity index (χ2n) is 10.6. The van der Waals surface area contributed by atoms with Gasteiger partial charge < -0.3 is 9.64 Å². The smallest absolute Gasteiger partial charge is 0.252 e. The van der Waals surface area contributed by atoms with Gasteiger partial charge in [-0.05, 0) is 50.5 Å². The fourth-order valence-corrected chi connectivity index (χ4v) is 5.54. The highest BCUT2D eigenvalue weighted by molar-refractivity contribution is 8.00. The van der Waals surface area contributed by atoms with E-state index in [1.54, 1.807) is 18.2 Å². The maximum atomic E-state index is 14.8. The molecule has 2 rings (SSSR count). The molecule has 1 saturated heterocycles. The Labute approximate surface area is 226 Å². The Morgan fingerprint density at radius 1 is 1.28 bits per heavy atom. The van der Waals surface area contributed by atoms with Crippen molar-refractivity contribution in [1.82, 2.24) is 4.90 Å². The van der Waals surface area contributed by atoms with Crippen molar-refractivity contribution >= 4 is 29.3 Å². The van der Waals surface area contributed by atoms with Crippen LogP contribution in [0, 0.1) is 5.82 Å². The zero-order valence-electron chi connectivity index (χ0n) is 22.7. The summed E-state index contributed by atoms with van der Waals surface area (Å²) in [5.74, 6) is 0.145. The van der Waals surface area contributed by atoms with Gasteiger partial charge in [-0.2, -0.15) is 11.8 Å². The average Bonchev–Trinajstić information content (AvgIpc) is 2.76. The molecule has 1 fully saturated rings. The van der Waals surface area contributed by atoms with E-state index in [1.165, 1.54) is 6.07 Å². The van der Waals surface area contributed by atoms with E-state index < -0.39 is 24.1 Å². The molecular formula is C30H41ClFNO2S. The summed E-state index contributed by atoms with van der Waals surface area (Å²) in [4.78, 5) is 15.9. The van der Waals surface area contributed by atoms with Gasteiger partial charge in [0.05, 0.1) is 11.1 Å². The maximum Gasteiger partial charge on any atom is 0.252 e. The van der Waals surface area contributed by atoms with E-state index in [2.05, 4.69) is 46.9 Å². The van der Waals surface area contributed by atoms with Crippen LogP contribution in [0.5, 0.6) is 0 Å². The topological polar surface area (TPSA) is 29.5 Å². The SMILES string of the molecule is C=CC[C@H]1O[C@H](/C(C=C(C)C)=C/C(=C)C)[C@@H](c2ccc(Cl)c(F)c2)N([C@@H](CC)CSC(C)(C)C)C1=O. The fourth-order valence-electron chi connectivity index (χ4n) is 4.33. The molecule has 1 amide bonds. The lowest BCUT2D eigenvalue weighted by Gasteiger charge is -2.48. The van der Waals surface area contributed by atoms with Crippen molar-refractivity contribution in [2.45, 2.75) is 90.3 Å². The Balaban J connectivity index is 2.79. The predicted molar refractivity (Wildman–Crippen MR) is 153 cm³/mol. The van der Waals surface area contributed by atoms with Gasteiger partial charge in [0.15, 0.2) is 0 Å². The number of carbonyl (C=O) groups excluding carboxylic acids is 1. The number of morpholine rings is 1. The van der Waals surface area contributed by atoms with Crippen molar-refractivity contribution in [1.29, 1.82) is 0 Å². The number of rotatable bonds is 10. The van der Waals surface area contributed by atoms with Crippen LogP contribution in [0.15, 0.2) is 66.3 Å². The molecule has 0 aromatic heterocycles. The second kappa shape index (κ2) is 13.1. The molecule has 1 heterocycles. The van der Waals surface area contributed by atoms with Gasteiger partial charge in [-0.15, -0.1) is 6.58 Å². The van der Waals surface area contributed by atoms with Gasteiger partial charge in [0.25, 0.3) is 5.91 Å². The van der Waals surface area contributed by atoms with Crippen LogP contribution in [-0.2, 0) is 9.53 Å². The van der Waals surface area contributed by atoms with Crippen LogP contribution in [0.3, 0.4) is 0 Å². The van der Waals surface area contributed by atoms with E-state index in [4.69, 9.17) is 16.3 Å². The monoisotopic (exact) mass is 533 g/mol. The fraction of sp³-hybridized carbons (Fsp3) is 0.500. The van der Waals surface area contributed by atoms with Crippen LogP contribution in [-0.4, -0.2) is 39.6 Å². The standard InChI is InChI=1S/C30H41ClFNO2S/c1-10-12-26-29(34)33(23(11-2)18-36-30(7,8)9)27(21-13-14-24(31)25(32)17-21)28(35-26)22(15-19(3)4)16-20(5)6/h10,13-17,23,26-28H,1,3,11-12,18H2,2,4-9H3/b22-15+/t23-,26+,27+,28+/m0/s1. The molecule has 6 heteroatoms. The molecule has 198 valence electrons. The molecule has 3 nitrogen and oxygen atoms in total. The number of nitrogens with zero attached hydrogens (tertiary/aromatic N) is 1. The first-order valence-electron chi connectivity index (χ1n) is 12.5. The highest BCUT2D eigenvalue weighted by Crippen LogP contribution is 2.41. The summed E-state index contributed by atoms with van der Waals surface area (Å²) in [6.45, 7) is 22.5. The third-order valence-corrected chi connectivity index (χ3v) is 7.59. The average molecular weight is 534 g/mol. The highest BCUT2D eigenvalue weighted by Gasteiger charge is 2.46. The Kier molecular flexibility index (Phi) is 11.1. The van der Waals surface area contributed by atoms with Crippen LogP contribution >= 0.6 is 23.4 Å². The Morgan fingerprint density at radius 3 is 2.44 bits per heavy atom. The minimum absolute atomic E-state index is 0.0393. The largest absolute Gasteiger partial charge is 0.358 e. The maximum absolute atomic E-state index is 14.8. The first-order chi connectivity index (χ1) is 16.8. The van der Waals surface area contributed by atoms with E-state index in [9.17, 15) is 9.18 Å². The molecule has 1 aliphatic rings. The number of carbonyl (C=O) groups is 1. The molecule has 0 N–H and O–H groups in total. The summed E-state index contributed by atoms with van der Waals surface area (Å²) in [6.07, 6.45) is 5.72. The van der Waals surface area contributed by atoms with Gasteiger partial charge in [-0.3, -0.25) is 4.79 Å². The molecule has 0 saturated carbocycles. The first-order valence-corrected chi connectivity index (χ1v) is 13.8. The van der Waals surface area contributed by atoms with E-state index in [-0.39, 0.29) is 21.7 Å². The summed E-state index contributed by atoms with van der Waals surface area (Å²) in [6, 6.07) is 4.18. The minimum atomic E-state index is -0.673. The van der Waals surface area contributed by atoms with Crippen molar-refractivity contribution < 1.29 is 13.9 Å². The van der Waals surface area contributed by atoms with Crippen LogP contribution < -0.4 is 0 Å². The molecule has 36 heavy (non-hydrogen) atoms. The van der Waals surface area contributed by atoms with Crippen molar-refractivity contribution in [2.75, 3.05) is 5.75 Å². The molecule has 1 aromatic rings. The number of allylic oxidation sites excluding steroid dienone is 3. The third-order valence-electron chi connectivity index (χ3n) is 5.86. The zero-order valence-corrected chi connectivity index (χ0v) is 24.3. The van der Waals surface area contributed by atoms with Gasteiger partial charge in [0.2, 0.25) is 0 Å². The first kappa shape index (κ1) is 30.4. The van der Waals surface area contributed by atoms with Gasteiger partial charge in [-0.1, -0.05) is 81.3 Å². The normalized spacial score (nSPS) is 21.8. The van der Waals surface area contributed by atoms with Crippen LogP contribution in [0.1, 0.15) is 72.9 Å². The molecular weight excluding hydrogens is 493 g/mol. The number of hydrogen-bond acceptors (Lipinski definition) is 3. The van der Waals surface area contributed by atoms with Gasteiger partial charge in [0, 0.05) is 23.0 Å². The lowest BCUT2D eigenvalue weighted by Crippen LogP contribution is -2.58. The summed E-state index contributed by atoms with van der Waals surface area (Å²) in [7, 11) is 0. The molecule has 0 spiro atoms. The van der Waals surface area contributed by atoms with Crippen molar-refractivity contribution in [2.24, 2.45) is 0 Å². The molecule has 1 aromatic carbocycles. The zero-order chi connectivity index (χ0) is 27.2. The summed E-state index contributed by atoms with van der Waals surface area (Å²) >= 11 is 7.86. The highest BCUT2D eigenvalue weighted by atomic mass is 35.5. The summed E-state index contributed by atoms with van der Waals surface area (Å²) in [5.41, 5.74) is 3.51. The van der Waals surface area contributed by atoms with E-state index in [1.807, 2.05) is 43.5 Å². The Bertz CT molecular complexity index is 1020. The van der Waals surface area contributed by atoms with E-state index >= 15 is 0 Å². The van der Waals surface area contributed by atoms with Gasteiger partial charge in [0.1, 0.15) is 18.0 Å². The van der Waals surface area contributed by atoms with Gasteiger partial charge >= 0.3 is 0 Å². The third kappa shape index (κ3) is 8.09. The van der Waals surface area contributed by atoms with Crippen LogP contribution in [0.4, 0.5) is 4.39 Å². The quantitative estimate of drug-likeness (QED) is 0.223. The number of thioether (sulfide) groups is 1. The predicted octanol–water partition coefficient (Wildman–Crippen LogP) is 8.47. The van der Waals surface area contributed by atoms with Gasteiger partial charge in [-0.25, -0.2) is 4.39 Å². The Morgan fingerprint density at radius 2 is 1.94 bits per heavy atom. The second-order valence-corrected chi connectivity index (χ2v) is 12.9. The molecule has 0 radical (unpaired) electrons.